The lowest BCUT2D eigenvalue weighted by molar-refractivity contribution is -0.137. The molecule has 0 aromatic heterocycles. The molecule has 0 aliphatic rings. The first-order chi connectivity index (χ1) is 16.8. The zero-order valence-electron chi connectivity index (χ0n) is 19.6. The Balaban J connectivity index is 1.45. The Bertz CT molecular complexity index is 1350. The minimum Gasteiger partial charge on any atom is -0.206 e. The zero-order chi connectivity index (χ0) is 24.8. The molecule has 0 amide bonds. The van der Waals surface area contributed by atoms with Crippen LogP contribution in [0.3, 0.4) is 0 Å². The number of alkyl halides is 3. The second kappa shape index (κ2) is 10.8. The standard InChI is InChI=1S/C31H26F4/c1-2-3-4-22-5-7-23(8-6-22)9-10-25-14-20-29-27(21-25)17-16-26(30(29)32)15-11-24-12-18-28(19-13-24)31(33,34)35/h5-8,12-14,16-21H,2-4,11,15H2,1H3. The monoisotopic (exact) mass is 474 g/mol. The minimum absolute atomic E-state index is 0.295. The van der Waals surface area contributed by atoms with E-state index in [1.54, 1.807) is 12.1 Å². The Hall–Kier alpha value is -3.58. The molecule has 4 heteroatoms. The van der Waals surface area contributed by atoms with Gasteiger partial charge in [-0.25, -0.2) is 4.39 Å². The molecule has 35 heavy (non-hydrogen) atoms. The van der Waals surface area contributed by atoms with Crippen LogP contribution in [0, 0.1) is 17.7 Å². The molecule has 0 saturated carbocycles. The third-order valence-corrected chi connectivity index (χ3v) is 6.12. The van der Waals surface area contributed by atoms with Crippen molar-refractivity contribution >= 4 is 10.8 Å². The van der Waals surface area contributed by atoms with Crippen LogP contribution in [0.4, 0.5) is 17.6 Å². The summed E-state index contributed by atoms with van der Waals surface area (Å²) in [6.07, 6.45) is -0.0671. The van der Waals surface area contributed by atoms with E-state index in [4.69, 9.17) is 0 Å². The molecule has 4 aromatic carbocycles. The highest BCUT2D eigenvalue weighted by Gasteiger charge is 2.29. The first-order valence-electron chi connectivity index (χ1n) is 11.8. The van der Waals surface area contributed by atoms with E-state index in [0.717, 1.165) is 40.6 Å². The molecule has 0 unspecified atom stereocenters. The Morgan fingerprint density at radius 3 is 2.00 bits per heavy atom. The van der Waals surface area contributed by atoms with Gasteiger partial charge in [0.2, 0.25) is 0 Å². The lowest BCUT2D eigenvalue weighted by Gasteiger charge is -2.09. The molecule has 0 spiro atoms. The summed E-state index contributed by atoms with van der Waals surface area (Å²) >= 11 is 0. The number of hydrogen-bond donors (Lipinski definition) is 0. The van der Waals surface area contributed by atoms with Crippen molar-refractivity contribution < 1.29 is 17.6 Å². The third-order valence-electron chi connectivity index (χ3n) is 6.12. The smallest absolute Gasteiger partial charge is 0.206 e. The SMILES string of the molecule is CCCCc1ccc(C#Cc2ccc3c(F)c(CCc4ccc(C(F)(F)F)cc4)ccc3c2)cc1. The third kappa shape index (κ3) is 6.31. The van der Waals surface area contributed by atoms with Gasteiger partial charge in [0.1, 0.15) is 5.82 Å². The number of rotatable bonds is 6. The molecular weight excluding hydrogens is 448 g/mol. The molecule has 4 aromatic rings. The summed E-state index contributed by atoms with van der Waals surface area (Å²) in [6.45, 7) is 2.18. The van der Waals surface area contributed by atoms with Crippen molar-refractivity contribution in [2.24, 2.45) is 0 Å². The summed E-state index contributed by atoms with van der Waals surface area (Å²) in [5, 5.41) is 1.28. The maximum Gasteiger partial charge on any atom is 0.416 e. The fourth-order valence-electron chi connectivity index (χ4n) is 4.03. The van der Waals surface area contributed by atoms with E-state index in [0.29, 0.717) is 23.8 Å². The van der Waals surface area contributed by atoms with Crippen LogP contribution >= 0.6 is 0 Å². The van der Waals surface area contributed by atoms with Crippen LogP contribution in [0.15, 0.2) is 78.9 Å². The summed E-state index contributed by atoms with van der Waals surface area (Å²) in [7, 11) is 0. The van der Waals surface area contributed by atoms with E-state index in [9.17, 15) is 13.2 Å². The van der Waals surface area contributed by atoms with Crippen LogP contribution in [0.1, 0.15) is 53.1 Å². The van der Waals surface area contributed by atoms with Crippen LogP contribution in [-0.4, -0.2) is 0 Å². The largest absolute Gasteiger partial charge is 0.416 e. The maximum atomic E-state index is 15.1. The van der Waals surface area contributed by atoms with Gasteiger partial charge in [-0.3, -0.25) is 0 Å². The van der Waals surface area contributed by atoms with Crippen molar-refractivity contribution in [3.8, 4) is 11.8 Å². The van der Waals surface area contributed by atoms with Crippen molar-refractivity contribution in [3.63, 3.8) is 0 Å². The van der Waals surface area contributed by atoms with Crippen LogP contribution in [0.25, 0.3) is 10.8 Å². The highest BCUT2D eigenvalue weighted by molar-refractivity contribution is 5.85. The van der Waals surface area contributed by atoms with Crippen molar-refractivity contribution in [3.05, 3.63) is 118 Å². The summed E-state index contributed by atoms with van der Waals surface area (Å²) in [4.78, 5) is 0. The first-order valence-corrected chi connectivity index (χ1v) is 11.8. The minimum atomic E-state index is -4.36. The predicted molar refractivity (Wildman–Crippen MR) is 134 cm³/mol. The van der Waals surface area contributed by atoms with Crippen LogP contribution in [0.2, 0.25) is 0 Å². The molecule has 0 fully saturated rings. The van der Waals surface area contributed by atoms with Gasteiger partial charge in [-0.05, 0) is 84.2 Å². The van der Waals surface area contributed by atoms with Crippen LogP contribution in [0.5, 0.6) is 0 Å². The molecule has 0 heterocycles. The van der Waals surface area contributed by atoms with Gasteiger partial charge in [-0.15, -0.1) is 0 Å². The lowest BCUT2D eigenvalue weighted by Crippen LogP contribution is -2.04. The molecule has 4 rings (SSSR count). The average molecular weight is 475 g/mol. The van der Waals surface area contributed by atoms with E-state index in [1.807, 2.05) is 30.3 Å². The highest BCUT2D eigenvalue weighted by Crippen LogP contribution is 2.29. The van der Waals surface area contributed by atoms with Gasteiger partial charge < -0.3 is 0 Å². The molecule has 0 aliphatic carbocycles. The fraction of sp³-hybridized carbons (Fsp3) is 0.226. The van der Waals surface area contributed by atoms with E-state index in [1.165, 1.54) is 30.5 Å². The second-order valence-corrected chi connectivity index (χ2v) is 8.72. The predicted octanol–water partition coefficient (Wildman–Crippen LogP) is 8.53. The molecule has 178 valence electrons. The van der Waals surface area contributed by atoms with Gasteiger partial charge in [0, 0.05) is 16.5 Å². The van der Waals surface area contributed by atoms with E-state index < -0.39 is 11.7 Å². The molecule has 0 nitrogen and oxygen atoms in total. The van der Waals surface area contributed by atoms with E-state index >= 15 is 4.39 Å². The molecule has 0 atom stereocenters. The van der Waals surface area contributed by atoms with Crippen molar-refractivity contribution in [1.29, 1.82) is 0 Å². The number of aryl methyl sites for hydroxylation is 3. The average Bonchev–Trinajstić information content (AvgIpc) is 2.86. The number of hydrogen-bond acceptors (Lipinski definition) is 0. The number of unbranched alkanes of at least 4 members (excludes halogenated alkanes) is 1. The first kappa shape index (κ1) is 24.5. The van der Waals surface area contributed by atoms with E-state index in [-0.39, 0.29) is 5.82 Å². The van der Waals surface area contributed by atoms with Crippen molar-refractivity contribution in [1.82, 2.24) is 0 Å². The van der Waals surface area contributed by atoms with Crippen molar-refractivity contribution in [2.45, 2.75) is 45.2 Å². The second-order valence-electron chi connectivity index (χ2n) is 8.72. The van der Waals surface area contributed by atoms with Crippen LogP contribution < -0.4 is 0 Å². The van der Waals surface area contributed by atoms with Gasteiger partial charge in [0.25, 0.3) is 0 Å². The Morgan fingerprint density at radius 1 is 0.686 bits per heavy atom. The molecule has 0 N–H and O–H groups in total. The van der Waals surface area contributed by atoms with Gasteiger partial charge in [-0.1, -0.05) is 67.6 Å². The van der Waals surface area contributed by atoms with E-state index in [2.05, 4.69) is 30.9 Å². The topological polar surface area (TPSA) is 0 Å². The highest BCUT2D eigenvalue weighted by atomic mass is 19.4. The molecule has 0 saturated heterocycles. The zero-order valence-corrected chi connectivity index (χ0v) is 19.6. The summed E-state index contributed by atoms with van der Waals surface area (Å²) in [5.74, 6) is 6.04. The van der Waals surface area contributed by atoms with Crippen molar-refractivity contribution in [2.75, 3.05) is 0 Å². The molecule has 0 radical (unpaired) electrons. The maximum absolute atomic E-state index is 15.1. The summed E-state index contributed by atoms with van der Waals surface area (Å²) in [5.41, 5.74) is 3.66. The Labute approximate surface area is 203 Å². The quantitative estimate of drug-likeness (QED) is 0.194. The normalized spacial score (nSPS) is 11.3. The van der Waals surface area contributed by atoms with Gasteiger partial charge in [0.05, 0.1) is 5.56 Å². The summed E-state index contributed by atoms with van der Waals surface area (Å²) in [6, 6.07) is 22.4. The summed E-state index contributed by atoms with van der Waals surface area (Å²) < 4.78 is 53.3. The lowest BCUT2D eigenvalue weighted by atomic mass is 9.98. The van der Waals surface area contributed by atoms with Crippen LogP contribution in [-0.2, 0) is 25.4 Å². The fourth-order valence-corrected chi connectivity index (χ4v) is 4.03. The molecule has 0 aliphatic heterocycles. The number of fused-ring (bicyclic) bond motifs is 1. The Kier molecular flexibility index (Phi) is 7.56. The number of benzene rings is 4. The molecule has 0 bridgehead atoms. The Morgan fingerprint density at radius 2 is 1.31 bits per heavy atom. The van der Waals surface area contributed by atoms with Gasteiger partial charge in [-0.2, -0.15) is 13.2 Å². The number of halogens is 4. The van der Waals surface area contributed by atoms with Gasteiger partial charge >= 0.3 is 6.18 Å². The van der Waals surface area contributed by atoms with Gasteiger partial charge in [0.15, 0.2) is 0 Å². The molecular formula is C31H26F4.